The largest absolute Gasteiger partial charge is 0.481 e. The second-order valence-electron chi connectivity index (χ2n) is 10.4. The summed E-state index contributed by atoms with van der Waals surface area (Å²) < 4.78 is 5.18. The molecule has 2 N–H and O–H groups in total. The smallest absolute Gasteiger partial charge is 0.305 e. The van der Waals surface area contributed by atoms with Crippen LogP contribution in [0.2, 0.25) is 0 Å². The number of unbranched alkanes of at least 4 members (excludes halogenated alkanes) is 22. The van der Waals surface area contributed by atoms with Gasteiger partial charge in [0.1, 0.15) is 0 Å². The summed E-state index contributed by atoms with van der Waals surface area (Å²) in [6, 6.07) is 0. The number of carbonyl (C=O) groups is 1. The molecule has 0 heterocycles. The van der Waals surface area contributed by atoms with Gasteiger partial charge in [-0.1, -0.05) is 155 Å². The van der Waals surface area contributed by atoms with Gasteiger partial charge in [-0.25, -0.2) is 0 Å². The predicted octanol–water partition coefficient (Wildman–Crippen LogP) is 9.22. The van der Waals surface area contributed by atoms with Crippen LogP contribution in [-0.4, -0.2) is 35.5 Å². The topological polar surface area (TPSA) is 66.8 Å². The summed E-state index contributed by atoms with van der Waals surface area (Å²) in [7, 11) is 0. The first kappa shape index (κ1) is 33.4. The zero-order valence-electron chi connectivity index (χ0n) is 22.9. The molecule has 0 fully saturated rings. The second kappa shape index (κ2) is 28.6. The number of hydrogen-bond donors (Lipinski definition) is 2. The van der Waals surface area contributed by atoms with Gasteiger partial charge < -0.3 is 14.9 Å². The highest BCUT2D eigenvalue weighted by molar-refractivity contribution is 5.66. The van der Waals surface area contributed by atoms with Gasteiger partial charge >= 0.3 is 5.97 Å². The van der Waals surface area contributed by atoms with Gasteiger partial charge in [-0.15, -0.1) is 0 Å². The molecule has 0 rings (SSSR count). The Hall–Kier alpha value is -0.610. The summed E-state index contributed by atoms with van der Waals surface area (Å²) in [5.74, 6) is -0.857. The highest BCUT2D eigenvalue weighted by Gasteiger charge is 2.05. The van der Waals surface area contributed by atoms with Gasteiger partial charge in [0.25, 0.3) is 0 Å². The Morgan fingerprint density at radius 1 is 0.588 bits per heavy atom. The van der Waals surface area contributed by atoms with Gasteiger partial charge in [0.05, 0.1) is 25.7 Å². The molecule has 0 amide bonds. The number of aliphatic carboxylic acids is 1. The van der Waals surface area contributed by atoms with Crippen LogP contribution in [-0.2, 0) is 9.53 Å². The van der Waals surface area contributed by atoms with Crippen molar-refractivity contribution in [1.29, 1.82) is 0 Å². The van der Waals surface area contributed by atoms with E-state index < -0.39 is 12.1 Å². The maximum atomic E-state index is 10.4. The molecular formula is C30H60O4. The maximum absolute atomic E-state index is 10.4. The molecule has 1 atom stereocenters. The van der Waals surface area contributed by atoms with Crippen LogP contribution in [0, 0.1) is 0 Å². The monoisotopic (exact) mass is 484 g/mol. The molecule has 34 heavy (non-hydrogen) atoms. The van der Waals surface area contributed by atoms with Crippen LogP contribution in [0.25, 0.3) is 0 Å². The number of carboxylic acid groups (broad SMARTS) is 1. The van der Waals surface area contributed by atoms with Crippen molar-refractivity contribution in [2.45, 2.75) is 174 Å². The predicted molar refractivity (Wildman–Crippen MR) is 146 cm³/mol. The Morgan fingerprint density at radius 3 is 1.24 bits per heavy atom. The zero-order valence-corrected chi connectivity index (χ0v) is 22.9. The molecular weight excluding hydrogens is 424 g/mol. The zero-order chi connectivity index (χ0) is 25.0. The third kappa shape index (κ3) is 29.4. The lowest BCUT2D eigenvalue weighted by Gasteiger charge is -2.10. The van der Waals surface area contributed by atoms with E-state index in [-0.39, 0.29) is 19.6 Å². The lowest BCUT2D eigenvalue weighted by atomic mass is 10.0. The van der Waals surface area contributed by atoms with E-state index >= 15 is 0 Å². The molecule has 0 spiro atoms. The van der Waals surface area contributed by atoms with Gasteiger partial charge in [0.2, 0.25) is 0 Å². The van der Waals surface area contributed by atoms with E-state index in [9.17, 15) is 9.90 Å². The van der Waals surface area contributed by atoms with E-state index in [1.54, 1.807) is 0 Å². The third-order valence-corrected chi connectivity index (χ3v) is 6.91. The van der Waals surface area contributed by atoms with Crippen LogP contribution in [0.3, 0.4) is 0 Å². The highest BCUT2D eigenvalue weighted by atomic mass is 16.5. The van der Waals surface area contributed by atoms with Crippen LogP contribution >= 0.6 is 0 Å². The van der Waals surface area contributed by atoms with Crippen molar-refractivity contribution in [1.82, 2.24) is 0 Å². The summed E-state index contributed by atoms with van der Waals surface area (Å²) in [6.07, 6.45) is 32.2. The minimum Gasteiger partial charge on any atom is -0.481 e. The molecule has 1 unspecified atom stereocenters. The Balaban J connectivity index is 3.09. The highest BCUT2D eigenvalue weighted by Crippen LogP contribution is 2.15. The number of ether oxygens (including phenoxy) is 1. The van der Waals surface area contributed by atoms with Gasteiger partial charge in [0, 0.05) is 0 Å². The van der Waals surface area contributed by atoms with Crippen molar-refractivity contribution < 1.29 is 19.7 Å². The third-order valence-electron chi connectivity index (χ3n) is 6.91. The summed E-state index contributed by atoms with van der Waals surface area (Å²) in [6.45, 7) is 2.73. The normalized spacial score (nSPS) is 12.3. The number of carboxylic acids is 1. The Morgan fingerprint density at radius 2 is 0.912 bits per heavy atom. The summed E-state index contributed by atoms with van der Waals surface area (Å²) in [5, 5.41) is 18.3. The van der Waals surface area contributed by atoms with E-state index in [0.717, 1.165) is 12.8 Å². The minimum absolute atomic E-state index is 0.00611. The first-order valence-electron chi connectivity index (χ1n) is 15.1. The number of aliphatic hydroxyl groups excluding tert-OH is 1. The van der Waals surface area contributed by atoms with Crippen molar-refractivity contribution >= 4 is 5.97 Å². The number of hydrogen-bond acceptors (Lipinski definition) is 3. The van der Waals surface area contributed by atoms with Gasteiger partial charge in [0.15, 0.2) is 0 Å². The molecule has 0 aliphatic carbocycles. The fourth-order valence-electron chi connectivity index (χ4n) is 4.63. The van der Waals surface area contributed by atoms with E-state index in [2.05, 4.69) is 6.92 Å². The summed E-state index contributed by atoms with van der Waals surface area (Å²) >= 11 is 0. The summed E-state index contributed by atoms with van der Waals surface area (Å²) in [5.41, 5.74) is 0. The molecule has 0 radical (unpaired) electrons. The molecule has 0 aromatic heterocycles. The van der Waals surface area contributed by atoms with Crippen molar-refractivity contribution in [3.8, 4) is 0 Å². The van der Waals surface area contributed by atoms with Crippen LogP contribution in [0.15, 0.2) is 0 Å². The number of rotatable bonds is 29. The summed E-state index contributed by atoms with van der Waals surface area (Å²) in [4.78, 5) is 10.4. The molecule has 0 bridgehead atoms. The van der Waals surface area contributed by atoms with Gasteiger partial charge in [-0.3, -0.25) is 4.79 Å². The van der Waals surface area contributed by atoms with Crippen molar-refractivity contribution in [2.75, 3.05) is 13.2 Å². The van der Waals surface area contributed by atoms with Crippen molar-refractivity contribution in [3.05, 3.63) is 0 Å². The minimum atomic E-state index is -0.857. The molecule has 4 heteroatoms. The second-order valence-corrected chi connectivity index (χ2v) is 10.4. The quantitative estimate of drug-likeness (QED) is 0.104. The molecule has 0 aliphatic rings. The van der Waals surface area contributed by atoms with Crippen LogP contribution < -0.4 is 0 Å². The van der Waals surface area contributed by atoms with Crippen molar-refractivity contribution in [2.24, 2.45) is 0 Å². The Bertz CT molecular complexity index is 399. The molecule has 0 aromatic rings. The van der Waals surface area contributed by atoms with Crippen molar-refractivity contribution in [3.63, 3.8) is 0 Å². The van der Waals surface area contributed by atoms with E-state index in [4.69, 9.17) is 9.84 Å². The molecule has 204 valence electrons. The Labute approximate surface area is 212 Å². The molecule has 0 aromatic carbocycles. The lowest BCUT2D eigenvalue weighted by Crippen LogP contribution is -2.16. The van der Waals surface area contributed by atoms with Crippen LogP contribution in [0.1, 0.15) is 167 Å². The molecule has 0 aliphatic heterocycles. The molecule has 4 nitrogen and oxygen atoms in total. The fraction of sp³-hybridized carbons (Fsp3) is 0.967. The lowest BCUT2D eigenvalue weighted by molar-refractivity contribution is -0.138. The van der Waals surface area contributed by atoms with Gasteiger partial charge in [-0.05, 0) is 6.42 Å². The number of aliphatic hydroxyl groups is 1. The first-order chi connectivity index (χ1) is 16.7. The van der Waals surface area contributed by atoms with E-state index in [0.29, 0.717) is 0 Å². The van der Waals surface area contributed by atoms with Crippen LogP contribution in [0.5, 0.6) is 0 Å². The van der Waals surface area contributed by atoms with Crippen LogP contribution in [0.4, 0.5) is 0 Å². The maximum Gasteiger partial charge on any atom is 0.305 e. The molecule has 0 saturated carbocycles. The SMILES string of the molecule is CCCCCCCCCCCCCCCCCCCCCCCCCC(O)COCCC(=O)O. The molecule has 0 saturated heterocycles. The van der Waals surface area contributed by atoms with E-state index in [1.807, 2.05) is 0 Å². The average Bonchev–Trinajstić information content (AvgIpc) is 2.82. The van der Waals surface area contributed by atoms with Gasteiger partial charge in [-0.2, -0.15) is 0 Å². The Kier molecular flexibility index (Phi) is 28.1. The standard InChI is InChI=1S/C30H60O4/c1-2-3-4-5-6-7-8-9-10-11-12-13-14-15-16-17-18-19-20-21-22-23-24-25-29(31)28-34-27-26-30(32)33/h29,31H,2-28H2,1H3,(H,32,33). The fourth-order valence-corrected chi connectivity index (χ4v) is 4.63. The first-order valence-corrected chi connectivity index (χ1v) is 15.1. The van der Waals surface area contributed by atoms with E-state index in [1.165, 1.54) is 141 Å². The average molecular weight is 485 g/mol.